The Morgan fingerprint density at radius 3 is 2.61 bits per heavy atom. The van der Waals surface area contributed by atoms with Crippen LogP contribution in [0.3, 0.4) is 0 Å². The number of hydrogen-bond acceptors (Lipinski definition) is 3. The maximum atomic E-state index is 11.9. The molecule has 0 unspecified atom stereocenters. The Kier molecular flexibility index (Phi) is 4.37. The monoisotopic (exact) mass is 310 g/mol. The van der Waals surface area contributed by atoms with Gasteiger partial charge in [0, 0.05) is 37.4 Å². The average molecular weight is 310 g/mol. The third-order valence-corrected chi connectivity index (χ3v) is 3.38. The maximum Gasteiger partial charge on any atom is 0.324 e. The lowest BCUT2D eigenvalue weighted by Gasteiger charge is -2.07. The molecule has 23 heavy (non-hydrogen) atoms. The minimum atomic E-state index is -0.311. The number of amides is 2. The molecule has 0 spiro atoms. The van der Waals surface area contributed by atoms with Crippen molar-refractivity contribution in [3.63, 3.8) is 0 Å². The minimum Gasteiger partial charge on any atom is -0.336 e. The summed E-state index contributed by atoms with van der Waals surface area (Å²) >= 11 is 0. The number of rotatable bonds is 5. The zero-order valence-electron chi connectivity index (χ0n) is 12.8. The number of nitrogens with zero attached hydrogens (tertiary/aromatic N) is 4. The summed E-state index contributed by atoms with van der Waals surface area (Å²) in [6.07, 6.45) is 8.90. The van der Waals surface area contributed by atoms with Gasteiger partial charge >= 0.3 is 6.03 Å². The summed E-state index contributed by atoms with van der Waals surface area (Å²) < 4.78 is 3.87. The molecule has 2 heterocycles. The Hall–Kier alpha value is -3.09. The molecule has 2 amide bonds. The van der Waals surface area contributed by atoms with Crippen LogP contribution >= 0.6 is 0 Å². The molecule has 7 heteroatoms. The van der Waals surface area contributed by atoms with Gasteiger partial charge in [-0.05, 0) is 24.6 Å². The molecular formula is C16H18N6O. The summed E-state index contributed by atoms with van der Waals surface area (Å²) in [5.74, 6) is 0.529. The van der Waals surface area contributed by atoms with Gasteiger partial charge in [0.05, 0.1) is 12.7 Å². The van der Waals surface area contributed by atoms with Gasteiger partial charge in [0.1, 0.15) is 0 Å². The van der Waals surface area contributed by atoms with Crippen LogP contribution in [0.2, 0.25) is 0 Å². The van der Waals surface area contributed by atoms with E-state index >= 15 is 0 Å². The summed E-state index contributed by atoms with van der Waals surface area (Å²) in [6.45, 7) is 3.58. The second kappa shape index (κ2) is 6.78. The molecule has 118 valence electrons. The predicted octanol–water partition coefficient (Wildman–Crippen LogP) is 2.79. The highest BCUT2D eigenvalue weighted by molar-refractivity contribution is 5.99. The first-order valence-corrected chi connectivity index (χ1v) is 7.37. The lowest BCUT2D eigenvalue weighted by atomic mass is 10.2. The van der Waals surface area contributed by atoms with Crippen LogP contribution in [0, 0.1) is 0 Å². The number of urea groups is 1. The number of carbonyl (C=O) groups is 1. The van der Waals surface area contributed by atoms with E-state index in [0.29, 0.717) is 5.82 Å². The maximum absolute atomic E-state index is 11.9. The molecule has 1 aromatic carbocycles. The summed E-state index contributed by atoms with van der Waals surface area (Å²) in [5.41, 5.74) is 1.86. The first kappa shape index (κ1) is 14.8. The highest BCUT2D eigenvalue weighted by Gasteiger charge is 2.05. The summed E-state index contributed by atoms with van der Waals surface area (Å²) in [6, 6.07) is 7.38. The quantitative estimate of drug-likeness (QED) is 0.760. The van der Waals surface area contributed by atoms with E-state index in [2.05, 4.69) is 20.6 Å². The standard InChI is InChI=1S/C16H18N6O/c1-2-21-10-15(18-12-21)20-16(23)19-14-5-3-13(4-6-14)9-22-8-7-17-11-22/h3-8,10-12H,2,9H2,1H3,(H2,19,20,23). The fraction of sp³-hybridized carbons (Fsp3) is 0.188. The molecular weight excluding hydrogens is 292 g/mol. The van der Waals surface area contributed by atoms with Crippen LogP contribution in [0.1, 0.15) is 12.5 Å². The Morgan fingerprint density at radius 2 is 1.96 bits per heavy atom. The zero-order valence-corrected chi connectivity index (χ0v) is 12.8. The Balaban J connectivity index is 1.56. The van der Waals surface area contributed by atoms with Crippen molar-refractivity contribution in [1.29, 1.82) is 0 Å². The molecule has 0 bridgehead atoms. The van der Waals surface area contributed by atoms with Crippen LogP contribution in [0.15, 0.2) is 55.5 Å². The number of hydrogen-bond donors (Lipinski definition) is 2. The van der Waals surface area contributed by atoms with Crippen molar-refractivity contribution in [2.75, 3.05) is 10.6 Å². The van der Waals surface area contributed by atoms with E-state index in [4.69, 9.17) is 0 Å². The molecule has 0 radical (unpaired) electrons. The number of benzene rings is 1. The lowest BCUT2D eigenvalue weighted by molar-refractivity contribution is 0.262. The molecule has 0 fully saturated rings. The van der Waals surface area contributed by atoms with Gasteiger partial charge in [-0.15, -0.1) is 0 Å². The Morgan fingerprint density at radius 1 is 1.13 bits per heavy atom. The highest BCUT2D eigenvalue weighted by atomic mass is 16.2. The average Bonchev–Trinajstić information content (AvgIpc) is 3.21. The Bertz CT molecular complexity index is 760. The van der Waals surface area contributed by atoms with E-state index in [-0.39, 0.29) is 6.03 Å². The number of aromatic nitrogens is 4. The number of aryl methyl sites for hydroxylation is 1. The number of imidazole rings is 2. The second-order valence-electron chi connectivity index (χ2n) is 5.10. The first-order valence-electron chi connectivity index (χ1n) is 7.37. The minimum absolute atomic E-state index is 0.311. The van der Waals surface area contributed by atoms with Crippen molar-refractivity contribution in [3.8, 4) is 0 Å². The van der Waals surface area contributed by atoms with Crippen LogP contribution in [0.5, 0.6) is 0 Å². The van der Waals surface area contributed by atoms with E-state index in [1.54, 1.807) is 25.0 Å². The van der Waals surface area contributed by atoms with Gasteiger partial charge in [0.25, 0.3) is 0 Å². The number of anilines is 2. The topological polar surface area (TPSA) is 76.8 Å². The van der Waals surface area contributed by atoms with Crippen molar-refractivity contribution in [3.05, 3.63) is 61.1 Å². The number of carbonyl (C=O) groups excluding carboxylic acids is 1. The molecule has 0 saturated carbocycles. The van der Waals surface area contributed by atoms with Gasteiger partial charge in [0.2, 0.25) is 0 Å². The molecule has 0 saturated heterocycles. The second-order valence-corrected chi connectivity index (χ2v) is 5.10. The lowest BCUT2D eigenvalue weighted by Crippen LogP contribution is -2.19. The van der Waals surface area contributed by atoms with Crippen molar-refractivity contribution >= 4 is 17.5 Å². The van der Waals surface area contributed by atoms with Crippen molar-refractivity contribution in [2.45, 2.75) is 20.0 Å². The van der Waals surface area contributed by atoms with Gasteiger partial charge in [-0.2, -0.15) is 0 Å². The smallest absolute Gasteiger partial charge is 0.324 e. The van der Waals surface area contributed by atoms with E-state index in [1.165, 1.54) is 0 Å². The van der Waals surface area contributed by atoms with Crippen LogP contribution in [0.25, 0.3) is 0 Å². The highest BCUT2D eigenvalue weighted by Crippen LogP contribution is 2.11. The van der Waals surface area contributed by atoms with Crippen LogP contribution in [0.4, 0.5) is 16.3 Å². The summed E-state index contributed by atoms with van der Waals surface area (Å²) in [7, 11) is 0. The SMILES string of the molecule is CCn1cnc(NC(=O)Nc2ccc(Cn3ccnc3)cc2)c1. The number of nitrogens with one attached hydrogen (secondary N) is 2. The normalized spacial score (nSPS) is 10.5. The third kappa shape index (κ3) is 3.97. The van der Waals surface area contributed by atoms with E-state index < -0.39 is 0 Å². The van der Waals surface area contributed by atoms with Crippen LogP contribution in [-0.4, -0.2) is 25.1 Å². The van der Waals surface area contributed by atoms with Gasteiger partial charge in [0.15, 0.2) is 5.82 Å². The molecule has 0 aliphatic carbocycles. The molecule has 0 aliphatic heterocycles. The fourth-order valence-electron chi connectivity index (χ4n) is 2.16. The summed E-state index contributed by atoms with van der Waals surface area (Å²) in [4.78, 5) is 20.1. The largest absolute Gasteiger partial charge is 0.336 e. The molecule has 7 nitrogen and oxygen atoms in total. The molecule has 0 aliphatic rings. The van der Waals surface area contributed by atoms with Crippen molar-refractivity contribution in [1.82, 2.24) is 19.1 Å². The molecule has 3 rings (SSSR count). The molecule has 3 aromatic rings. The van der Waals surface area contributed by atoms with Crippen LogP contribution in [-0.2, 0) is 13.1 Å². The van der Waals surface area contributed by atoms with E-state index in [9.17, 15) is 4.79 Å². The van der Waals surface area contributed by atoms with Crippen molar-refractivity contribution < 1.29 is 4.79 Å². The van der Waals surface area contributed by atoms with Gasteiger partial charge < -0.3 is 14.5 Å². The molecule has 2 aromatic heterocycles. The zero-order chi connectivity index (χ0) is 16.1. The van der Waals surface area contributed by atoms with E-state index in [1.807, 2.05) is 46.5 Å². The first-order chi connectivity index (χ1) is 11.2. The van der Waals surface area contributed by atoms with E-state index in [0.717, 1.165) is 24.3 Å². The van der Waals surface area contributed by atoms with Crippen molar-refractivity contribution in [2.24, 2.45) is 0 Å². The fourth-order valence-corrected chi connectivity index (χ4v) is 2.16. The predicted molar refractivity (Wildman–Crippen MR) is 88.3 cm³/mol. The van der Waals surface area contributed by atoms with Gasteiger partial charge in [-0.3, -0.25) is 5.32 Å². The van der Waals surface area contributed by atoms with Gasteiger partial charge in [-0.25, -0.2) is 14.8 Å². The molecule has 0 atom stereocenters. The third-order valence-electron chi connectivity index (χ3n) is 3.38. The summed E-state index contributed by atoms with van der Waals surface area (Å²) in [5, 5.41) is 5.49. The Labute approximate surface area is 134 Å². The van der Waals surface area contributed by atoms with Gasteiger partial charge in [-0.1, -0.05) is 12.1 Å². The van der Waals surface area contributed by atoms with Crippen LogP contribution < -0.4 is 10.6 Å². The molecule has 2 N–H and O–H groups in total.